The first-order valence-electron chi connectivity index (χ1n) is 13.8. The third kappa shape index (κ3) is 8.45. The summed E-state index contributed by atoms with van der Waals surface area (Å²) in [7, 11) is -3.55. The maximum absolute atomic E-state index is 6.97. The molecule has 3 atom stereocenters. The normalized spacial score (nSPS) is 19.9. The van der Waals surface area contributed by atoms with Crippen LogP contribution in [0, 0.1) is 5.92 Å². The van der Waals surface area contributed by atoms with E-state index in [0.717, 1.165) is 31.4 Å². The number of allylic oxidation sites excluding steroid dienone is 1. The first kappa shape index (κ1) is 30.1. The van der Waals surface area contributed by atoms with Gasteiger partial charge in [0, 0.05) is 5.92 Å². The molecule has 0 aliphatic heterocycles. The Morgan fingerprint density at radius 1 is 1.06 bits per heavy atom. The molecule has 1 aromatic rings. The van der Waals surface area contributed by atoms with Crippen LogP contribution in [0.5, 0.6) is 5.75 Å². The van der Waals surface area contributed by atoms with Gasteiger partial charge in [-0.05, 0) is 74.1 Å². The lowest BCUT2D eigenvalue weighted by Gasteiger charge is -2.39. The van der Waals surface area contributed by atoms with Crippen LogP contribution in [-0.2, 0) is 8.85 Å². The van der Waals surface area contributed by atoms with Crippen LogP contribution >= 0.6 is 0 Å². The molecule has 35 heavy (non-hydrogen) atoms. The van der Waals surface area contributed by atoms with Crippen molar-refractivity contribution in [1.82, 2.24) is 0 Å². The van der Waals surface area contributed by atoms with Crippen molar-refractivity contribution in [3.8, 4) is 5.75 Å². The predicted molar refractivity (Wildman–Crippen MR) is 156 cm³/mol. The maximum Gasteiger partial charge on any atom is 0.192 e. The standard InChI is InChI=1S/C30H52O3Si2/c1-10-17-28-25(21-23-29(28)33-35(11-2,12-3)13-4)20-22-27(32-34(8,9)30(5,6)7)24-31-26-18-15-14-16-19-26/h10,14-16,18-19,21,27-29H,1,11-13,17,20,22-24H2,2-9H3/t27?,28-,29+/m1/s1. The Bertz CT molecular complexity index is 785. The predicted octanol–water partition coefficient (Wildman–Crippen LogP) is 9.15. The van der Waals surface area contributed by atoms with Crippen molar-refractivity contribution in [2.24, 2.45) is 5.92 Å². The largest absolute Gasteiger partial charge is 0.491 e. The van der Waals surface area contributed by atoms with E-state index in [4.69, 9.17) is 13.6 Å². The van der Waals surface area contributed by atoms with Crippen molar-refractivity contribution >= 4 is 16.6 Å². The molecule has 198 valence electrons. The lowest BCUT2D eigenvalue weighted by atomic mass is 9.92. The van der Waals surface area contributed by atoms with Gasteiger partial charge in [-0.2, -0.15) is 0 Å². The third-order valence-electron chi connectivity index (χ3n) is 8.49. The minimum atomic E-state index is -1.91. The third-order valence-corrected chi connectivity index (χ3v) is 17.7. The first-order chi connectivity index (χ1) is 16.5. The Morgan fingerprint density at radius 3 is 2.23 bits per heavy atom. The molecular formula is C30H52O3Si2. The monoisotopic (exact) mass is 516 g/mol. The van der Waals surface area contributed by atoms with Crippen molar-refractivity contribution < 1.29 is 13.6 Å². The van der Waals surface area contributed by atoms with Crippen LogP contribution in [0.2, 0.25) is 36.3 Å². The van der Waals surface area contributed by atoms with E-state index in [1.165, 1.54) is 23.7 Å². The van der Waals surface area contributed by atoms with E-state index >= 15 is 0 Å². The van der Waals surface area contributed by atoms with E-state index in [-0.39, 0.29) is 11.1 Å². The average Bonchev–Trinajstić information content (AvgIpc) is 3.20. The van der Waals surface area contributed by atoms with E-state index in [9.17, 15) is 0 Å². The Kier molecular flexibility index (Phi) is 11.5. The van der Waals surface area contributed by atoms with Crippen molar-refractivity contribution in [1.29, 1.82) is 0 Å². The van der Waals surface area contributed by atoms with Gasteiger partial charge in [0.15, 0.2) is 16.6 Å². The van der Waals surface area contributed by atoms with Crippen LogP contribution in [-0.4, -0.2) is 35.4 Å². The van der Waals surface area contributed by atoms with E-state index in [2.05, 4.69) is 73.4 Å². The Labute approximate surface area is 218 Å². The van der Waals surface area contributed by atoms with Gasteiger partial charge in [-0.1, -0.05) is 77.5 Å². The number of rotatable bonds is 15. The fourth-order valence-corrected chi connectivity index (χ4v) is 9.12. The number of benzene rings is 1. The summed E-state index contributed by atoms with van der Waals surface area (Å²) in [5, 5.41) is 0.170. The summed E-state index contributed by atoms with van der Waals surface area (Å²) in [6, 6.07) is 13.7. The summed E-state index contributed by atoms with van der Waals surface area (Å²) in [6.45, 7) is 23.2. The minimum Gasteiger partial charge on any atom is -0.491 e. The summed E-state index contributed by atoms with van der Waals surface area (Å²) >= 11 is 0. The van der Waals surface area contributed by atoms with Crippen molar-refractivity contribution in [3.63, 3.8) is 0 Å². The highest BCUT2D eigenvalue weighted by Crippen LogP contribution is 2.40. The molecular weight excluding hydrogens is 464 g/mol. The molecule has 2 rings (SSSR count). The van der Waals surface area contributed by atoms with Gasteiger partial charge < -0.3 is 13.6 Å². The van der Waals surface area contributed by atoms with Crippen molar-refractivity contribution in [2.45, 2.75) is 116 Å². The molecule has 1 aliphatic rings. The molecule has 0 heterocycles. The molecule has 5 heteroatoms. The summed E-state index contributed by atoms with van der Waals surface area (Å²) in [4.78, 5) is 0. The maximum atomic E-state index is 6.97. The zero-order chi connectivity index (χ0) is 26.1. The van der Waals surface area contributed by atoms with Gasteiger partial charge in [0.25, 0.3) is 0 Å². The fourth-order valence-electron chi connectivity index (χ4n) is 4.85. The van der Waals surface area contributed by atoms with E-state index in [0.29, 0.717) is 18.6 Å². The first-order valence-corrected chi connectivity index (χ1v) is 19.3. The SMILES string of the molecule is C=CC[C@@H]1C(CCC(COc2ccccc2)O[Si](C)(C)C(C)(C)C)=CC[C@@H]1O[Si](CC)(CC)CC. The van der Waals surface area contributed by atoms with Gasteiger partial charge in [-0.15, -0.1) is 6.58 Å². The molecule has 0 saturated heterocycles. The molecule has 0 bridgehead atoms. The van der Waals surface area contributed by atoms with E-state index in [1.54, 1.807) is 0 Å². The number of ether oxygens (including phenoxy) is 1. The van der Waals surface area contributed by atoms with Crippen LogP contribution in [0.25, 0.3) is 0 Å². The van der Waals surface area contributed by atoms with Gasteiger partial charge >= 0.3 is 0 Å². The van der Waals surface area contributed by atoms with Crippen molar-refractivity contribution in [3.05, 3.63) is 54.6 Å². The number of hydrogen-bond donors (Lipinski definition) is 0. The molecule has 0 fully saturated rings. The van der Waals surface area contributed by atoms with E-state index < -0.39 is 16.6 Å². The second-order valence-electron chi connectivity index (χ2n) is 11.7. The molecule has 0 N–H and O–H groups in total. The van der Waals surface area contributed by atoms with Crippen molar-refractivity contribution in [2.75, 3.05) is 6.61 Å². The Balaban J connectivity index is 2.11. The van der Waals surface area contributed by atoms with Gasteiger partial charge in [0.2, 0.25) is 0 Å². The fraction of sp³-hybridized carbons (Fsp3) is 0.667. The molecule has 1 unspecified atom stereocenters. The zero-order valence-corrected chi connectivity index (χ0v) is 25.9. The van der Waals surface area contributed by atoms with Gasteiger partial charge in [0.05, 0.1) is 12.2 Å². The topological polar surface area (TPSA) is 27.7 Å². The molecule has 0 spiro atoms. The molecule has 1 aliphatic carbocycles. The smallest absolute Gasteiger partial charge is 0.192 e. The molecule has 3 nitrogen and oxygen atoms in total. The molecule has 1 aromatic carbocycles. The number of hydrogen-bond acceptors (Lipinski definition) is 3. The summed E-state index contributed by atoms with van der Waals surface area (Å²) in [5.74, 6) is 1.36. The molecule has 0 radical (unpaired) electrons. The van der Waals surface area contributed by atoms with Crippen LogP contribution in [0.15, 0.2) is 54.6 Å². The number of para-hydroxylation sites is 1. The van der Waals surface area contributed by atoms with Crippen LogP contribution in [0.3, 0.4) is 0 Å². The summed E-state index contributed by atoms with van der Waals surface area (Å²) < 4.78 is 20.0. The molecule has 0 amide bonds. The average molecular weight is 517 g/mol. The summed E-state index contributed by atoms with van der Waals surface area (Å²) in [5.41, 5.74) is 1.53. The van der Waals surface area contributed by atoms with Gasteiger partial charge in [0.1, 0.15) is 12.4 Å². The second-order valence-corrected chi connectivity index (χ2v) is 21.2. The highest BCUT2D eigenvalue weighted by atomic mass is 28.4. The highest BCUT2D eigenvalue weighted by Gasteiger charge is 2.40. The molecule has 0 saturated carbocycles. The highest BCUT2D eigenvalue weighted by molar-refractivity contribution is 6.74. The lowest BCUT2D eigenvalue weighted by Crippen LogP contribution is -2.45. The van der Waals surface area contributed by atoms with Crippen LogP contribution in [0.4, 0.5) is 0 Å². The lowest BCUT2D eigenvalue weighted by molar-refractivity contribution is 0.106. The zero-order valence-electron chi connectivity index (χ0n) is 23.9. The Hall–Kier alpha value is -1.15. The summed E-state index contributed by atoms with van der Waals surface area (Å²) in [6.07, 6.45) is 8.98. The quantitative estimate of drug-likeness (QED) is 0.172. The molecule has 0 aromatic heterocycles. The minimum absolute atomic E-state index is 0.0803. The second kappa shape index (κ2) is 13.4. The van der Waals surface area contributed by atoms with E-state index in [1.807, 2.05) is 30.3 Å². The Morgan fingerprint density at radius 2 is 1.69 bits per heavy atom. The van der Waals surface area contributed by atoms with Gasteiger partial charge in [-0.3, -0.25) is 0 Å². The van der Waals surface area contributed by atoms with Crippen LogP contribution in [0.1, 0.15) is 67.2 Å². The van der Waals surface area contributed by atoms with Gasteiger partial charge in [-0.25, -0.2) is 0 Å². The van der Waals surface area contributed by atoms with Crippen LogP contribution < -0.4 is 4.74 Å².